The molecule has 0 radical (unpaired) electrons. The van der Waals surface area contributed by atoms with Gasteiger partial charge >= 0.3 is 0 Å². The molecule has 126 valence electrons. The summed E-state index contributed by atoms with van der Waals surface area (Å²) in [5.41, 5.74) is 3.03. The Morgan fingerprint density at radius 3 is 2.48 bits per heavy atom. The van der Waals surface area contributed by atoms with E-state index < -0.39 is 5.91 Å². The van der Waals surface area contributed by atoms with Crippen LogP contribution in [0.4, 0.5) is 5.69 Å². The maximum atomic E-state index is 12.2. The maximum Gasteiger partial charge on any atom is 0.266 e. The van der Waals surface area contributed by atoms with Gasteiger partial charge in [0.1, 0.15) is 11.6 Å². The van der Waals surface area contributed by atoms with Crippen LogP contribution >= 0.6 is 0 Å². The first kappa shape index (κ1) is 18.2. The molecule has 0 bridgehead atoms. The number of hydrogen-bond donors (Lipinski definition) is 1. The quantitative estimate of drug-likeness (QED) is 0.434. The van der Waals surface area contributed by atoms with Gasteiger partial charge in [-0.05, 0) is 42.2 Å². The summed E-state index contributed by atoms with van der Waals surface area (Å²) in [6.07, 6.45) is 8.44. The third-order valence-electron chi connectivity index (χ3n) is 3.75. The van der Waals surface area contributed by atoms with Crippen LogP contribution in [0.15, 0.2) is 72.3 Å². The minimum atomic E-state index is -0.401. The fourth-order valence-electron chi connectivity index (χ4n) is 2.32. The van der Waals surface area contributed by atoms with Crippen molar-refractivity contribution in [2.45, 2.75) is 26.2 Å². The van der Waals surface area contributed by atoms with E-state index in [9.17, 15) is 10.1 Å². The lowest BCUT2D eigenvalue weighted by Gasteiger charge is -2.05. The van der Waals surface area contributed by atoms with Crippen molar-refractivity contribution in [1.29, 1.82) is 5.26 Å². The van der Waals surface area contributed by atoms with Gasteiger partial charge in [-0.1, -0.05) is 68.0 Å². The largest absolute Gasteiger partial charge is 0.321 e. The van der Waals surface area contributed by atoms with Crippen LogP contribution in [0.5, 0.6) is 0 Å². The van der Waals surface area contributed by atoms with Crippen molar-refractivity contribution >= 4 is 17.7 Å². The second-order valence-electron chi connectivity index (χ2n) is 5.72. The van der Waals surface area contributed by atoms with Crippen LogP contribution < -0.4 is 5.32 Å². The SMILES string of the molecule is CCCCc1ccc(NC(=O)/C(C#N)=C/C=C/c2ccccc2)cc1. The highest BCUT2D eigenvalue weighted by molar-refractivity contribution is 6.06. The first-order valence-electron chi connectivity index (χ1n) is 8.46. The number of benzene rings is 2. The predicted octanol–water partition coefficient (Wildman–Crippen LogP) is 5.13. The van der Waals surface area contributed by atoms with Crippen LogP contribution in [-0.4, -0.2) is 5.91 Å². The molecule has 0 unspecified atom stereocenters. The van der Waals surface area contributed by atoms with E-state index in [0.29, 0.717) is 5.69 Å². The van der Waals surface area contributed by atoms with E-state index in [-0.39, 0.29) is 5.57 Å². The van der Waals surface area contributed by atoms with Crippen molar-refractivity contribution < 1.29 is 4.79 Å². The third-order valence-corrected chi connectivity index (χ3v) is 3.75. The zero-order chi connectivity index (χ0) is 17.9. The smallest absolute Gasteiger partial charge is 0.266 e. The highest BCUT2D eigenvalue weighted by Crippen LogP contribution is 2.13. The number of carbonyl (C=O) groups excluding carboxylic acids is 1. The zero-order valence-corrected chi connectivity index (χ0v) is 14.4. The summed E-state index contributed by atoms with van der Waals surface area (Å²) >= 11 is 0. The van der Waals surface area contributed by atoms with Crippen molar-refractivity contribution in [2.75, 3.05) is 5.32 Å². The molecule has 0 aliphatic carbocycles. The first-order valence-corrected chi connectivity index (χ1v) is 8.46. The summed E-state index contributed by atoms with van der Waals surface area (Å²) in [6, 6.07) is 19.4. The van der Waals surface area contributed by atoms with Gasteiger partial charge < -0.3 is 5.32 Å². The number of unbranched alkanes of at least 4 members (excludes halogenated alkanes) is 1. The van der Waals surface area contributed by atoms with E-state index in [0.717, 1.165) is 24.8 Å². The molecule has 25 heavy (non-hydrogen) atoms. The molecule has 0 spiro atoms. The van der Waals surface area contributed by atoms with Gasteiger partial charge in [-0.2, -0.15) is 5.26 Å². The number of anilines is 1. The van der Waals surface area contributed by atoms with Gasteiger partial charge in [0.15, 0.2) is 0 Å². The van der Waals surface area contributed by atoms with Gasteiger partial charge in [-0.3, -0.25) is 4.79 Å². The summed E-state index contributed by atoms with van der Waals surface area (Å²) < 4.78 is 0. The number of amides is 1. The number of aryl methyl sites for hydroxylation is 1. The van der Waals surface area contributed by atoms with Crippen molar-refractivity contribution in [3.8, 4) is 6.07 Å². The zero-order valence-electron chi connectivity index (χ0n) is 14.4. The molecule has 2 aromatic rings. The second kappa shape index (κ2) is 9.89. The Labute approximate surface area is 149 Å². The molecule has 2 rings (SSSR count). The van der Waals surface area contributed by atoms with E-state index in [4.69, 9.17) is 0 Å². The van der Waals surface area contributed by atoms with Crippen molar-refractivity contribution in [3.05, 3.63) is 83.4 Å². The molecule has 0 saturated carbocycles. The number of rotatable bonds is 7. The summed E-state index contributed by atoms with van der Waals surface area (Å²) in [7, 11) is 0. The molecule has 1 N–H and O–H groups in total. The molecule has 1 amide bonds. The molecule has 0 aliphatic heterocycles. The van der Waals surface area contributed by atoms with Gasteiger partial charge in [-0.15, -0.1) is 0 Å². The molecule has 3 heteroatoms. The van der Waals surface area contributed by atoms with Crippen LogP contribution in [0.25, 0.3) is 6.08 Å². The Bertz CT molecular complexity index is 781. The predicted molar refractivity (Wildman–Crippen MR) is 103 cm³/mol. The monoisotopic (exact) mass is 330 g/mol. The lowest BCUT2D eigenvalue weighted by atomic mass is 10.1. The molecule has 0 heterocycles. The fraction of sp³-hybridized carbons (Fsp3) is 0.182. The van der Waals surface area contributed by atoms with Crippen LogP contribution in [-0.2, 0) is 11.2 Å². The van der Waals surface area contributed by atoms with Crippen molar-refractivity contribution in [1.82, 2.24) is 0 Å². The molecule has 2 aromatic carbocycles. The standard InChI is InChI=1S/C22H22N2O/c1-2-3-8-19-13-15-21(16-14-19)24-22(25)20(17-23)12-7-11-18-9-5-4-6-10-18/h4-7,9-16H,2-3,8H2,1H3,(H,24,25)/b11-7+,20-12+. The summed E-state index contributed by atoms with van der Waals surface area (Å²) in [4.78, 5) is 12.2. The van der Waals surface area contributed by atoms with Crippen molar-refractivity contribution in [3.63, 3.8) is 0 Å². The molecule has 0 aromatic heterocycles. The number of hydrogen-bond acceptors (Lipinski definition) is 2. The van der Waals surface area contributed by atoms with Gasteiger partial charge in [0.2, 0.25) is 0 Å². The number of nitriles is 1. The minimum absolute atomic E-state index is 0.0715. The lowest BCUT2D eigenvalue weighted by molar-refractivity contribution is -0.112. The third kappa shape index (κ3) is 6.12. The van der Waals surface area contributed by atoms with Gasteiger partial charge in [0, 0.05) is 5.69 Å². The van der Waals surface area contributed by atoms with Crippen LogP contribution in [0, 0.1) is 11.3 Å². The summed E-state index contributed by atoms with van der Waals surface area (Å²) in [5, 5.41) is 12.0. The molecule has 0 atom stereocenters. The first-order chi connectivity index (χ1) is 12.2. The topological polar surface area (TPSA) is 52.9 Å². The van der Waals surface area contributed by atoms with Gasteiger partial charge in [0.25, 0.3) is 5.91 Å². The molecule has 0 saturated heterocycles. The lowest BCUT2D eigenvalue weighted by Crippen LogP contribution is -2.13. The normalized spacial score (nSPS) is 11.3. The highest BCUT2D eigenvalue weighted by atomic mass is 16.1. The van der Waals surface area contributed by atoms with Crippen molar-refractivity contribution in [2.24, 2.45) is 0 Å². The minimum Gasteiger partial charge on any atom is -0.321 e. The van der Waals surface area contributed by atoms with Crippen LogP contribution in [0.2, 0.25) is 0 Å². The van der Waals surface area contributed by atoms with Crippen LogP contribution in [0.3, 0.4) is 0 Å². The Balaban J connectivity index is 1.98. The van der Waals surface area contributed by atoms with E-state index in [1.54, 1.807) is 6.08 Å². The highest BCUT2D eigenvalue weighted by Gasteiger charge is 2.08. The molecule has 0 fully saturated rings. The van der Waals surface area contributed by atoms with E-state index in [1.807, 2.05) is 66.7 Å². The van der Waals surface area contributed by atoms with E-state index >= 15 is 0 Å². The Hall–Kier alpha value is -3.12. The Morgan fingerprint density at radius 2 is 1.84 bits per heavy atom. The fourth-order valence-corrected chi connectivity index (χ4v) is 2.32. The Morgan fingerprint density at radius 1 is 1.12 bits per heavy atom. The molecular formula is C22H22N2O. The van der Waals surface area contributed by atoms with Crippen LogP contribution in [0.1, 0.15) is 30.9 Å². The number of carbonyl (C=O) groups is 1. The van der Waals surface area contributed by atoms with E-state index in [2.05, 4.69) is 12.2 Å². The number of allylic oxidation sites excluding steroid dienone is 2. The average molecular weight is 330 g/mol. The van der Waals surface area contributed by atoms with E-state index in [1.165, 1.54) is 11.6 Å². The molecule has 3 nitrogen and oxygen atoms in total. The average Bonchev–Trinajstić information content (AvgIpc) is 2.65. The number of nitrogens with one attached hydrogen (secondary N) is 1. The summed E-state index contributed by atoms with van der Waals surface area (Å²) in [5.74, 6) is -0.401. The Kier molecular flexibility index (Phi) is 7.21. The van der Waals surface area contributed by atoms with Gasteiger partial charge in [-0.25, -0.2) is 0 Å². The second-order valence-corrected chi connectivity index (χ2v) is 5.72. The molecule has 0 aliphatic rings. The summed E-state index contributed by atoms with van der Waals surface area (Å²) in [6.45, 7) is 2.16. The van der Waals surface area contributed by atoms with Gasteiger partial charge in [0.05, 0.1) is 0 Å². The molecular weight excluding hydrogens is 308 g/mol. The maximum absolute atomic E-state index is 12.2. The number of nitrogens with zero attached hydrogens (tertiary/aromatic N) is 1.